The standard InChI is InChI=1S/C18H16O3S/c1-3-21-14-9-8-12(10-15(14)20-2)11-17-18(19)13-6-4-5-7-16(13)22-17/h4-11H,3H2,1-2H3/b17-11-. The highest BCUT2D eigenvalue weighted by molar-refractivity contribution is 8.04. The van der Waals surface area contributed by atoms with Crippen molar-refractivity contribution < 1.29 is 14.3 Å². The first-order valence-electron chi connectivity index (χ1n) is 7.07. The Labute approximate surface area is 133 Å². The lowest BCUT2D eigenvalue weighted by molar-refractivity contribution is 0.104. The van der Waals surface area contributed by atoms with Crippen molar-refractivity contribution in [3.8, 4) is 11.5 Å². The molecule has 1 aliphatic heterocycles. The van der Waals surface area contributed by atoms with Crippen LogP contribution in [0.5, 0.6) is 11.5 Å². The smallest absolute Gasteiger partial charge is 0.200 e. The molecule has 22 heavy (non-hydrogen) atoms. The molecule has 4 heteroatoms. The highest BCUT2D eigenvalue weighted by Crippen LogP contribution is 2.41. The molecule has 112 valence electrons. The van der Waals surface area contributed by atoms with Crippen LogP contribution in [0.25, 0.3) is 6.08 Å². The first kappa shape index (κ1) is 14.7. The van der Waals surface area contributed by atoms with Gasteiger partial charge in [-0.1, -0.05) is 30.0 Å². The minimum Gasteiger partial charge on any atom is -0.493 e. The van der Waals surface area contributed by atoms with Crippen LogP contribution in [0, 0.1) is 0 Å². The lowest BCUT2D eigenvalue weighted by Gasteiger charge is -2.09. The maximum absolute atomic E-state index is 12.4. The molecule has 0 aromatic heterocycles. The molecule has 0 radical (unpaired) electrons. The first-order chi connectivity index (χ1) is 10.7. The van der Waals surface area contributed by atoms with E-state index in [0.717, 1.165) is 20.9 Å². The second-order valence-corrected chi connectivity index (χ2v) is 5.86. The van der Waals surface area contributed by atoms with Crippen molar-refractivity contribution in [2.24, 2.45) is 0 Å². The summed E-state index contributed by atoms with van der Waals surface area (Å²) in [5, 5.41) is 0. The molecular formula is C18H16O3S. The van der Waals surface area contributed by atoms with Crippen molar-refractivity contribution in [1.82, 2.24) is 0 Å². The number of thioether (sulfide) groups is 1. The lowest BCUT2D eigenvalue weighted by Crippen LogP contribution is -1.96. The van der Waals surface area contributed by atoms with E-state index in [4.69, 9.17) is 9.47 Å². The number of carbonyl (C=O) groups excluding carboxylic acids is 1. The van der Waals surface area contributed by atoms with E-state index < -0.39 is 0 Å². The molecule has 0 atom stereocenters. The van der Waals surface area contributed by atoms with Gasteiger partial charge in [0.1, 0.15) is 0 Å². The maximum atomic E-state index is 12.4. The SMILES string of the molecule is CCOc1ccc(/C=C2\Sc3ccccc3C2=O)cc1OC. The normalized spacial score (nSPS) is 15.0. The second-order valence-electron chi connectivity index (χ2n) is 4.78. The zero-order valence-corrected chi connectivity index (χ0v) is 13.3. The van der Waals surface area contributed by atoms with Gasteiger partial charge < -0.3 is 9.47 Å². The fraction of sp³-hybridized carbons (Fsp3) is 0.167. The van der Waals surface area contributed by atoms with Crippen LogP contribution in [0.1, 0.15) is 22.8 Å². The Morgan fingerprint density at radius 2 is 1.95 bits per heavy atom. The molecule has 0 bridgehead atoms. The number of allylic oxidation sites excluding steroid dienone is 1. The third-order valence-electron chi connectivity index (χ3n) is 3.36. The highest BCUT2D eigenvalue weighted by atomic mass is 32.2. The van der Waals surface area contributed by atoms with Gasteiger partial charge in [0.2, 0.25) is 5.78 Å². The van der Waals surface area contributed by atoms with Crippen LogP contribution in [0.3, 0.4) is 0 Å². The fourth-order valence-corrected chi connectivity index (χ4v) is 3.39. The Kier molecular flexibility index (Phi) is 4.20. The van der Waals surface area contributed by atoms with Gasteiger partial charge in [0.15, 0.2) is 11.5 Å². The van der Waals surface area contributed by atoms with Crippen LogP contribution >= 0.6 is 11.8 Å². The van der Waals surface area contributed by atoms with Crippen molar-refractivity contribution in [3.63, 3.8) is 0 Å². The average molecular weight is 312 g/mol. The van der Waals surface area contributed by atoms with Gasteiger partial charge in [-0.25, -0.2) is 0 Å². The highest BCUT2D eigenvalue weighted by Gasteiger charge is 2.25. The van der Waals surface area contributed by atoms with Gasteiger partial charge in [-0.05, 0) is 42.8 Å². The Morgan fingerprint density at radius 3 is 2.68 bits per heavy atom. The molecule has 0 aliphatic carbocycles. The van der Waals surface area contributed by atoms with E-state index in [-0.39, 0.29) is 5.78 Å². The van der Waals surface area contributed by atoms with Gasteiger partial charge in [0.05, 0.1) is 18.6 Å². The molecule has 0 unspecified atom stereocenters. The summed E-state index contributed by atoms with van der Waals surface area (Å²) in [5.74, 6) is 1.46. The van der Waals surface area contributed by atoms with Crippen LogP contribution < -0.4 is 9.47 Å². The summed E-state index contributed by atoms with van der Waals surface area (Å²) in [4.78, 5) is 14.1. The van der Waals surface area contributed by atoms with Gasteiger partial charge in [-0.15, -0.1) is 0 Å². The van der Waals surface area contributed by atoms with Crippen molar-refractivity contribution in [3.05, 3.63) is 58.5 Å². The van der Waals surface area contributed by atoms with E-state index in [1.807, 2.05) is 55.5 Å². The molecule has 0 saturated carbocycles. The van der Waals surface area contributed by atoms with E-state index in [1.54, 1.807) is 7.11 Å². The Bertz CT molecular complexity index is 750. The summed E-state index contributed by atoms with van der Waals surface area (Å²) >= 11 is 1.51. The molecule has 1 aliphatic rings. The number of carbonyl (C=O) groups is 1. The van der Waals surface area contributed by atoms with Crippen molar-refractivity contribution in [2.45, 2.75) is 11.8 Å². The number of fused-ring (bicyclic) bond motifs is 1. The summed E-state index contributed by atoms with van der Waals surface area (Å²) in [7, 11) is 1.61. The molecule has 0 N–H and O–H groups in total. The third-order valence-corrected chi connectivity index (χ3v) is 4.46. The first-order valence-corrected chi connectivity index (χ1v) is 7.88. The second kappa shape index (κ2) is 6.28. The Hall–Kier alpha value is -2.20. The molecule has 3 rings (SSSR count). The summed E-state index contributed by atoms with van der Waals surface area (Å²) in [6.07, 6.45) is 1.89. The topological polar surface area (TPSA) is 35.5 Å². The number of hydrogen-bond donors (Lipinski definition) is 0. The van der Waals surface area contributed by atoms with Crippen LogP contribution in [-0.2, 0) is 0 Å². The van der Waals surface area contributed by atoms with E-state index >= 15 is 0 Å². The Morgan fingerprint density at radius 1 is 1.14 bits per heavy atom. The number of ether oxygens (including phenoxy) is 2. The minimum absolute atomic E-state index is 0.0773. The van der Waals surface area contributed by atoms with E-state index in [1.165, 1.54) is 11.8 Å². The van der Waals surface area contributed by atoms with Gasteiger partial charge in [0.25, 0.3) is 0 Å². The molecule has 1 heterocycles. The fourth-order valence-electron chi connectivity index (χ4n) is 2.34. The van der Waals surface area contributed by atoms with Crippen molar-refractivity contribution in [2.75, 3.05) is 13.7 Å². The number of Topliss-reactive ketones (excluding diaryl/α,β-unsaturated/α-hetero) is 1. The number of ketones is 1. The van der Waals surface area contributed by atoms with Gasteiger partial charge >= 0.3 is 0 Å². The van der Waals surface area contributed by atoms with Gasteiger partial charge in [0, 0.05) is 10.5 Å². The van der Waals surface area contributed by atoms with Gasteiger partial charge in [-0.3, -0.25) is 4.79 Å². The van der Waals surface area contributed by atoms with Crippen LogP contribution in [0.4, 0.5) is 0 Å². The van der Waals surface area contributed by atoms with E-state index in [9.17, 15) is 4.79 Å². The number of hydrogen-bond acceptors (Lipinski definition) is 4. The predicted molar refractivity (Wildman–Crippen MR) is 88.8 cm³/mol. The summed E-state index contributed by atoms with van der Waals surface area (Å²) in [6.45, 7) is 2.51. The largest absolute Gasteiger partial charge is 0.493 e. The zero-order chi connectivity index (χ0) is 15.5. The molecule has 0 saturated heterocycles. The summed E-state index contributed by atoms with van der Waals surface area (Å²) in [6, 6.07) is 13.3. The van der Waals surface area contributed by atoms with Crippen LogP contribution in [-0.4, -0.2) is 19.5 Å². The molecule has 2 aromatic rings. The molecule has 0 fully saturated rings. The van der Waals surface area contributed by atoms with Crippen LogP contribution in [0.15, 0.2) is 52.3 Å². The lowest BCUT2D eigenvalue weighted by atomic mass is 10.1. The van der Waals surface area contributed by atoms with E-state index in [0.29, 0.717) is 18.1 Å². The zero-order valence-electron chi connectivity index (χ0n) is 12.5. The predicted octanol–water partition coefficient (Wildman–Crippen LogP) is 4.42. The number of methoxy groups -OCH3 is 1. The van der Waals surface area contributed by atoms with E-state index in [2.05, 4.69) is 0 Å². The van der Waals surface area contributed by atoms with Gasteiger partial charge in [-0.2, -0.15) is 0 Å². The molecule has 2 aromatic carbocycles. The Balaban J connectivity index is 1.92. The molecular weight excluding hydrogens is 296 g/mol. The quantitative estimate of drug-likeness (QED) is 0.783. The average Bonchev–Trinajstić information content (AvgIpc) is 2.85. The van der Waals surface area contributed by atoms with Crippen molar-refractivity contribution >= 4 is 23.6 Å². The molecule has 0 spiro atoms. The molecule has 3 nitrogen and oxygen atoms in total. The molecule has 0 amide bonds. The van der Waals surface area contributed by atoms with Crippen LogP contribution in [0.2, 0.25) is 0 Å². The number of rotatable bonds is 4. The number of benzene rings is 2. The monoisotopic (exact) mass is 312 g/mol. The summed E-state index contributed by atoms with van der Waals surface area (Å²) in [5.41, 5.74) is 1.70. The maximum Gasteiger partial charge on any atom is 0.200 e. The third kappa shape index (κ3) is 2.74. The summed E-state index contributed by atoms with van der Waals surface area (Å²) < 4.78 is 10.9. The van der Waals surface area contributed by atoms with Crippen molar-refractivity contribution in [1.29, 1.82) is 0 Å². The minimum atomic E-state index is 0.0773.